The van der Waals surface area contributed by atoms with Crippen molar-refractivity contribution in [2.45, 2.75) is 39.0 Å². The van der Waals surface area contributed by atoms with Gasteiger partial charge in [0.1, 0.15) is 5.82 Å². The number of hydrogen-bond acceptors (Lipinski definition) is 4. The zero-order valence-corrected chi connectivity index (χ0v) is 16.9. The Morgan fingerprint density at radius 3 is 3.00 bits per heavy atom. The van der Waals surface area contributed by atoms with Crippen molar-refractivity contribution in [1.82, 2.24) is 15.2 Å². The molecule has 1 saturated heterocycles. The number of carbonyl (C=O) groups excluding carboxylic acids is 2. The summed E-state index contributed by atoms with van der Waals surface area (Å²) in [4.78, 5) is 31.9. The van der Waals surface area contributed by atoms with Crippen molar-refractivity contribution in [2.75, 3.05) is 19.6 Å². The van der Waals surface area contributed by atoms with Gasteiger partial charge in [0, 0.05) is 30.9 Å². The molecule has 2 heterocycles. The summed E-state index contributed by atoms with van der Waals surface area (Å²) in [7, 11) is 0. The van der Waals surface area contributed by atoms with Crippen molar-refractivity contribution < 1.29 is 14.0 Å². The number of amides is 2. The van der Waals surface area contributed by atoms with E-state index in [2.05, 4.69) is 10.3 Å². The molecular weight excluding hydrogens is 377 g/mol. The van der Waals surface area contributed by atoms with Crippen LogP contribution in [0.5, 0.6) is 0 Å². The van der Waals surface area contributed by atoms with E-state index in [0.29, 0.717) is 38.9 Å². The monoisotopic (exact) mass is 403 g/mol. The molecule has 1 N–H and O–H groups in total. The molecule has 2 amide bonds. The van der Waals surface area contributed by atoms with Crippen LogP contribution < -0.4 is 5.32 Å². The fraction of sp³-hybridized carbons (Fsp3) is 0.476. The zero-order valence-electron chi connectivity index (χ0n) is 16.1. The SMILES string of the molecule is Cc1ncsc1CCCNC(=O)[C@@H]1CCC(=O)N(CCc2cccc(F)c2)C1. The number of nitrogens with one attached hydrogen (secondary N) is 1. The van der Waals surface area contributed by atoms with Crippen LogP contribution in [0, 0.1) is 18.7 Å². The Labute approximate surface area is 169 Å². The molecule has 1 aromatic heterocycles. The molecule has 0 radical (unpaired) electrons. The van der Waals surface area contributed by atoms with Crippen LogP contribution in [0.2, 0.25) is 0 Å². The minimum absolute atomic E-state index is 0.0179. The van der Waals surface area contributed by atoms with E-state index in [1.165, 1.54) is 17.0 Å². The van der Waals surface area contributed by atoms with Gasteiger partial charge in [0.25, 0.3) is 0 Å². The fourth-order valence-electron chi connectivity index (χ4n) is 3.47. The third-order valence-corrected chi connectivity index (χ3v) is 6.15. The van der Waals surface area contributed by atoms with Crippen LogP contribution in [0.15, 0.2) is 29.8 Å². The molecule has 0 spiro atoms. The summed E-state index contributed by atoms with van der Waals surface area (Å²) in [6.45, 7) is 3.58. The standard InChI is InChI=1S/C21H26FN3O2S/c1-15-19(28-14-24-15)6-3-10-23-21(27)17-7-8-20(26)25(13-17)11-9-16-4-2-5-18(22)12-16/h2,4-5,12,14,17H,3,6-11,13H2,1H3,(H,23,27)/t17-/m1/s1. The number of carbonyl (C=O) groups is 2. The Bertz CT molecular complexity index is 823. The molecular formula is C21H26FN3O2S. The lowest BCUT2D eigenvalue weighted by Crippen LogP contribution is -2.46. The first-order valence-electron chi connectivity index (χ1n) is 9.72. The normalized spacial score (nSPS) is 17.0. The maximum absolute atomic E-state index is 13.3. The maximum Gasteiger partial charge on any atom is 0.224 e. The smallest absolute Gasteiger partial charge is 0.224 e. The summed E-state index contributed by atoms with van der Waals surface area (Å²) < 4.78 is 13.3. The molecule has 1 aromatic carbocycles. The van der Waals surface area contributed by atoms with Crippen molar-refractivity contribution in [2.24, 2.45) is 5.92 Å². The van der Waals surface area contributed by atoms with Gasteiger partial charge in [0.2, 0.25) is 11.8 Å². The van der Waals surface area contributed by atoms with E-state index in [4.69, 9.17) is 0 Å². The number of aryl methyl sites for hydroxylation is 2. The quantitative estimate of drug-likeness (QED) is 0.689. The van der Waals surface area contributed by atoms with E-state index >= 15 is 0 Å². The molecule has 5 nitrogen and oxygen atoms in total. The molecule has 1 aliphatic rings. The average molecular weight is 404 g/mol. The van der Waals surface area contributed by atoms with Gasteiger partial charge in [-0.05, 0) is 50.3 Å². The van der Waals surface area contributed by atoms with Gasteiger partial charge in [-0.25, -0.2) is 9.37 Å². The average Bonchev–Trinajstić information content (AvgIpc) is 3.09. The number of likely N-dealkylation sites (tertiary alicyclic amines) is 1. The lowest BCUT2D eigenvalue weighted by molar-refractivity contribution is -0.138. The van der Waals surface area contributed by atoms with Crippen molar-refractivity contribution in [3.05, 3.63) is 51.7 Å². The number of nitrogens with zero attached hydrogens (tertiary/aromatic N) is 2. The predicted octanol–water partition coefficient (Wildman–Crippen LogP) is 3.12. The van der Waals surface area contributed by atoms with Gasteiger partial charge in [-0.2, -0.15) is 0 Å². The number of benzene rings is 1. The van der Waals surface area contributed by atoms with Crippen LogP contribution >= 0.6 is 11.3 Å². The van der Waals surface area contributed by atoms with E-state index in [1.807, 2.05) is 18.5 Å². The van der Waals surface area contributed by atoms with Crippen molar-refractivity contribution >= 4 is 23.2 Å². The lowest BCUT2D eigenvalue weighted by atomic mass is 9.96. The van der Waals surface area contributed by atoms with Crippen LogP contribution in [0.25, 0.3) is 0 Å². The van der Waals surface area contributed by atoms with Crippen molar-refractivity contribution in [3.8, 4) is 0 Å². The molecule has 1 atom stereocenters. The second-order valence-corrected chi connectivity index (χ2v) is 8.15. The molecule has 1 fully saturated rings. The van der Waals surface area contributed by atoms with E-state index in [9.17, 15) is 14.0 Å². The summed E-state index contributed by atoms with van der Waals surface area (Å²) in [6.07, 6.45) is 3.37. The second kappa shape index (κ2) is 9.78. The first-order valence-corrected chi connectivity index (χ1v) is 10.6. The highest BCUT2D eigenvalue weighted by Crippen LogP contribution is 2.19. The first-order chi connectivity index (χ1) is 13.5. The molecule has 2 aromatic rings. The third-order valence-electron chi connectivity index (χ3n) is 5.16. The molecule has 0 aliphatic carbocycles. The minimum Gasteiger partial charge on any atom is -0.356 e. The molecule has 28 heavy (non-hydrogen) atoms. The minimum atomic E-state index is -0.270. The molecule has 3 rings (SSSR count). The number of piperidine rings is 1. The molecule has 0 bridgehead atoms. The second-order valence-electron chi connectivity index (χ2n) is 7.21. The molecule has 150 valence electrons. The van der Waals surface area contributed by atoms with E-state index in [-0.39, 0.29) is 23.5 Å². The highest BCUT2D eigenvalue weighted by molar-refractivity contribution is 7.09. The predicted molar refractivity (Wildman–Crippen MR) is 108 cm³/mol. The lowest BCUT2D eigenvalue weighted by Gasteiger charge is -2.32. The maximum atomic E-state index is 13.3. The van der Waals surface area contributed by atoms with Gasteiger partial charge in [0.05, 0.1) is 17.1 Å². The van der Waals surface area contributed by atoms with Gasteiger partial charge in [-0.1, -0.05) is 12.1 Å². The third kappa shape index (κ3) is 5.61. The van der Waals surface area contributed by atoms with E-state index in [1.54, 1.807) is 22.3 Å². The van der Waals surface area contributed by atoms with Crippen LogP contribution in [0.1, 0.15) is 35.4 Å². The Hall–Kier alpha value is -2.28. The van der Waals surface area contributed by atoms with Gasteiger partial charge < -0.3 is 10.2 Å². The van der Waals surface area contributed by atoms with Crippen LogP contribution in [0.4, 0.5) is 4.39 Å². The van der Waals surface area contributed by atoms with Crippen LogP contribution in [-0.2, 0) is 22.4 Å². The summed E-state index contributed by atoms with van der Waals surface area (Å²) >= 11 is 1.65. The zero-order chi connectivity index (χ0) is 19.9. The largest absolute Gasteiger partial charge is 0.356 e. The molecule has 0 saturated carbocycles. The van der Waals surface area contributed by atoms with E-state index in [0.717, 1.165) is 24.1 Å². The summed E-state index contributed by atoms with van der Waals surface area (Å²) in [6, 6.07) is 6.43. The number of halogens is 1. The number of aromatic nitrogens is 1. The Kier molecular flexibility index (Phi) is 7.14. The molecule has 0 unspecified atom stereocenters. The van der Waals surface area contributed by atoms with E-state index < -0.39 is 0 Å². The van der Waals surface area contributed by atoms with Crippen LogP contribution in [0.3, 0.4) is 0 Å². The Morgan fingerprint density at radius 2 is 2.25 bits per heavy atom. The van der Waals surface area contributed by atoms with Crippen molar-refractivity contribution in [3.63, 3.8) is 0 Å². The summed E-state index contributed by atoms with van der Waals surface area (Å²) in [5, 5.41) is 3.01. The number of hydrogen-bond donors (Lipinski definition) is 1. The van der Waals surface area contributed by atoms with Gasteiger partial charge >= 0.3 is 0 Å². The fourth-order valence-corrected chi connectivity index (χ4v) is 4.30. The summed E-state index contributed by atoms with van der Waals surface area (Å²) in [5.41, 5.74) is 3.77. The van der Waals surface area contributed by atoms with Gasteiger partial charge in [-0.3, -0.25) is 9.59 Å². The number of thiazole rings is 1. The highest BCUT2D eigenvalue weighted by Gasteiger charge is 2.29. The molecule has 7 heteroatoms. The molecule has 1 aliphatic heterocycles. The topological polar surface area (TPSA) is 62.3 Å². The van der Waals surface area contributed by atoms with Crippen molar-refractivity contribution in [1.29, 1.82) is 0 Å². The Balaban J connectivity index is 1.43. The number of rotatable bonds is 8. The first kappa shape index (κ1) is 20.5. The van der Waals surface area contributed by atoms with Gasteiger partial charge in [-0.15, -0.1) is 11.3 Å². The van der Waals surface area contributed by atoms with Gasteiger partial charge in [0.15, 0.2) is 0 Å². The highest BCUT2D eigenvalue weighted by atomic mass is 32.1. The summed E-state index contributed by atoms with van der Waals surface area (Å²) in [5.74, 6) is -0.353. The Morgan fingerprint density at radius 1 is 1.39 bits per heavy atom. The van der Waals surface area contributed by atoms with Crippen LogP contribution in [-0.4, -0.2) is 41.3 Å².